The van der Waals surface area contributed by atoms with Crippen LogP contribution in [0.2, 0.25) is 0 Å². The van der Waals surface area contributed by atoms with Crippen molar-refractivity contribution in [3.05, 3.63) is 35.6 Å². The summed E-state index contributed by atoms with van der Waals surface area (Å²) in [6.45, 7) is 2.26. The maximum atomic E-state index is 12.8. The first kappa shape index (κ1) is 18.2. The Morgan fingerprint density at radius 1 is 0.962 bits per heavy atom. The molecule has 1 aliphatic heterocycles. The van der Waals surface area contributed by atoms with E-state index in [4.69, 9.17) is 0 Å². The van der Waals surface area contributed by atoms with Crippen molar-refractivity contribution in [1.29, 1.82) is 0 Å². The van der Waals surface area contributed by atoms with Gasteiger partial charge in [0.2, 0.25) is 11.8 Å². The number of hydrogen-bond acceptors (Lipinski definition) is 3. The van der Waals surface area contributed by atoms with Crippen LogP contribution in [0.15, 0.2) is 24.3 Å². The van der Waals surface area contributed by atoms with Crippen LogP contribution in [0.3, 0.4) is 0 Å². The Balaban J connectivity index is 1.34. The molecule has 0 bridgehead atoms. The summed E-state index contributed by atoms with van der Waals surface area (Å²) < 4.78 is 12.8. The second kappa shape index (κ2) is 8.16. The zero-order valence-electron chi connectivity index (χ0n) is 14.5. The van der Waals surface area contributed by atoms with Crippen molar-refractivity contribution in [2.45, 2.75) is 19.4 Å². The van der Waals surface area contributed by atoms with Crippen molar-refractivity contribution in [3.63, 3.8) is 0 Å². The van der Waals surface area contributed by atoms with Gasteiger partial charge in [-0.05, 0) is 30.5 Å². The van der Waals surface area contributed by atoms with E-state index >= 15 is 0 Å². The molecule has 0 unspecified atom stereocenters. The fourth-order valence-electron chi connectivity index (χ4n) is 2.88. The molecule has 0 aromatic heterocycles. The average molecular weight is 362 g/mol. The van der Waals surface area contributed by atoms with E-state index in [9.17, 15) is 18.8 Å². The van der Waals surface area contributed by atoms with Crippen molar-refractivity contribution >= 4 is 17.8 Å². The SMILES string of the molecule is O=C(NCC(=O)N1CCN(C(=O)C2CC2)CC1)NCc1ccc(F)cc1. The molecule has 0 radical (unpaired) electrons. The molecule has 1 aliphatic carbocycles. The molecule has 26 heavy (non-hydrogen) atoms. The van der Waals surface area contributed by atoms with Crippen LogP contribution in [0.5, 0.6) is 0 Å². The smallest absolute Gasteiger partial charge is 0.315 e. The molecule has 2 fully saturated rings. The summed E-state index contributed by atoms with van der Waals surface area (Å²) in [5.41, 5.74) is 0.768. The minimum absolute atomic E-state index is 0.0914. The zero-order valence-corrected chi connectivity index (χ0v) is 14.5. The van der Waals surface area contributed by atoms with Gasteiger partial charge in [0.1, 0.15) is 5.82 Å². The van der Waals surface area contributed by atoms with Crippen LogP contribution in [0, 0.1) is 11.7 Å². The van der Waals surface area contributed by atoms with E-state index in [0.717, 1.165) is 18.4 Å². The summed E-state index contributed by atoms with van der Waals surface area (Å²) in [6.07, 6.45) is 1.96. The first-order valence-corrected chi connectivity index (χ1v) is 8.85. The van der Waals surface area contributed by atoms with Gasteiger partial charge in [0, 0.05) is 38.6 Å². The molecule has 1 aromatic carbocycles. The second-order valence-electron chi connectivity index (χ2n) is 6.64. The molecule has 1 saturated carbocycles. The number of carbonyl (C=O) groups excluding carboxylic acids is 3. The van der Waals surface area contributed by atoms with E-state index in [1.165, 1.54) is 12.1 Å². The quantitative estimate of drug-likeness (QED) is 0.809. The van der Waals surface area contributed by atoms with E-state index in [1.54, 1.807) is 17.0 Å². The van der Waals surface area contributed by atoms with Gasteiger partial charge in [0.25, 0.3) is 0 Å². The van der Waals surface area contributed by atoms with Crippen molar-refractivity contribution in [2.75, 3.05) is 32.7 Å². The zero-order chi connectivity index (χ0) is 18.5. The molecule has 2 N–H and O–H groups in total. The second-order valence-corrected chi connectivity index (χ2v) is 6.64. The van der Waals surface area contributed by atoms with E-state index in [0.29, 0.717) is 26.2 Å². The third-order valence-corrected chi connectivity index (χ3v) is 4.64. The van der Waals surface area contributed by atoms with Crippen molar-refractivity contribution < 1.29 is 18.8 Å². The molecular weight excluding hydrogens is 339 g/mol. The van der Waals surface area contributed by atoms with Crippen LogP contribution < -0.4 is 10.6 Å². The maximum Gasteiger partial charge on any atom is 0.315 e. The largest absolute Gasteiger partial charge is 0.339 e. The molecule has 1 aromatic rings. The lowest BCUT2D eigenvalue weighted by atomic mass is 10.2. The van der Waals surface area contributed by atoms with Crippen molar-refractivity contribution in [2.24, 2.45) is 5.92 Å². The molecular formula is C18H23FN4O3. The maximum absolute atomic E-state index is 12.8. The van der Waals surface area contributed by atoms with E-state index < -0.39 is 6.03 Å². The predicted octanol–water partition coefficient (Wildman–Crippen LogP) is 0.706. The Morgan fingerprint density at radius 3 is 2.19 bits per heavy atom. The van der Waals surface area contributed by atoms with Gasteiger partial charge < -0.3 is 20.4 Å². The molecule has 0 spiro atoms. The van der Waals surface area contributed by atoms with Gasteiger partial charge in [0.05, 0.1) is 6.54 Å². The Labute approximate surface area is 151 Å². The average Bonchev–Trinajstić information content (AvgIpc) is 3.50. The number of nitrogens with zero attached hydrogens (tertiary/aromatic N) is 2. The number of nitrogens with one attached hydrogen (secondary N) is 2. The molecule has 0 atom stereocenters. The highest BCUT2D eigenvalue weighted by Crippen LogP contribution is 2.31. The number of rotatable bonds is 5. The Kier molecular flexibility index (Phi) is 5.70. The van der Waals surface area contributed by atoms with Crippen molar-refractivity contribution in [1.82, 2.24) is 20.4 Å². The number of urea groups is 1. The first-order valence-electron chi connectivity index (χ1n) is 8.85. The molecule has 4 amide bonds. The molecule has 8 heteroatoms. The first-order chi connectivity index (χ1) is 12.5. The summed E-state index contributed by atoms with van der Waals surface area (Å²) in [5, 5.41) is 5.15. The number of amides is 4. The van der Waals surface area contributed by atoms with Gasteiger partial charge in [-0.2, -0.15) is 0 Å². The summed E-state index contributed by atoms with van der Waals surface area (Å²) in [4.78, 5) is 39.4. The lowest BCUT2D eigenvalue weighted by Gasteiger charge is -2.35. The van der Waals surface area contributed by atoms with Crippen LogP contribution in [0.4, 0.5) is 9.18 Å². The van der Waals surface area contributed by atoms with Crippen molar-refractivity contribution in [3.8, 4) is 0 Å². The highest BCUT2D eigenvalue weighted by Gasteiger charge is 2.35. The van der Waals surface area contributed by atoms with Crippen LogP contribution in [-0.2, 0) is 16.1 Å². The topological polar surface area (TPSA) is 81.8 Å². The van der Waals surface area contributed by atoms with Gasteiger partial charge >= 0.3 is 6.03 Å². The minimum Gasteiger partial charge on any atom is -0.339 e. The lowest BCUT2D eigenvalue weighted by Crippen LogP contribution is -2.53. The highest BCUT2D eigenvalue weighted by molar-refractivity contribution is 5.84. The fourth-order valence-corrected chi connectivity index (χ4v) is 2.88. The van der Waals surface area contributed by atoms with Gasteiger partial charge in [-0.15, -0.1) is 0 Å². The number of hydrogen-bond donors (Lipinski definition) is 2. The fraction of sp³-hybridized carbons (Fsp3) is 0.500. The van der Waals surface area contributed by atoms with Gasteiger partial charge in [0.15, 0.2) is 0 Å². The highest BCUT2D eigenvalue weighted by atomic mass is 19.1. The molecule has 1 saturated heterocycles. The van der Waals surface area contributed by atoms with Gasteiger partial charge in [-0.25, -0.2) is 9.18 Å². The molecule has 3 rings (SSSR count). The monoisotopic (exact) mass is 362 g/mol. The van der Waals surface area contributed by atoms with E-state index in [2.05, 4.69) is 10.6 Å². The van der Waals surface area contributed by atoms with Crippen LogP contribution in [0.1, 0.15) is 18.4 Å². The van der Waals surface area contributed by atoms with Crippen LogP contribution in [-0.4, -0.2) is 60.4 Å². The number of piperazine rings is 1. The Bertz CT molecular complexity index is 668. The number of carbonyl (C=O) groups is 3. The van der Waals surface area contributed by atoms with E-state index in [-0.39, 0.29) is 36.6 Å². The Hall–Kier alpha value is -2.64. The van der Waals surface area contributed by atoms with E-state index in [1.807, 2.05) is 4.90 Å². The van der Waals surface area contributed by atoms with Gasteiger partial charge in [-0.1, -0.05) is 12.1 Å². The predicted molar refractivity (Wildman–Crippen MR) is 92.5 cm³/mol. The third-order valence-electron chi connectivity index (χ3n) is 4.64. The minimum atomic E-state index is -0.453. The molecule has 2 aliphatic rings. The summed E-state index contributed by atoms with van der Waals surface area (Å²) in [7, 11) is 0. The van der Waals surface area contributed by atoms with Crippen LogP contribution >= 0.6 is 0 Å². The normalized spacial score (nSPS) is 17.0. The third kappa shape index (κ3) is 4.93. The summed E-state index contributed by atoms with van der Waals surface area (Å²) in [6, 6.07) is 5.37. The number of benzene rings is 1. The molecule has 1 heterocycles. The standard InChI is InChI=1S/C18H23FN4O3/c19-15-5-1-13(2-6-15)11-20-18(26)21-12-16(24)22-7-9-23(10-8-22)17(25)14-3-4-14/h1-2,5-6,14H,3-4,7-12H2,(H2,20,21,26). The number of halogens is 1. The molecule has 140 valence electrons. The van der Waals surface area contributed by atoms with Gasteiger partial charge in [-0.3, -0.25) is 9.59 Å². The molecule has 7 nitrogen and oxygen atoms in total. The summed E-state index contributed by atoms with van der Waals surface area (Å²) >= 11 is 0. The van der Waals surface area contributed by atoms with Crippen LogP contribution in [0.25, 0.3) is 0 Å². The summed E-state index contributed by atoms with van der Waals surface area (Å²) in [5.74, 6) is -0.0951. The lowest BCUT2D eigenvalue weighted by molar-refractivity contribution is -0.139. The Morgan fingerprint density at radius 2 is 1.58 bits per heavy atom.